The minimum Gasteiger partial charge on any atom is -0.488 e. The van der Waals surface area contributed by atoms with Gasteiger partial charge >= 0.3 is 0 Å². The molecule has 0 aliphatic carbocycles. The first-order valence-corrected chi connectivity index (χ1v) is 10.7. The van der Waals surface area contributed by atoms with Crippen molar-refractivity contribution in [3.63, 3.8) is 0 Å². The molecular weight excluding hydrogens is 376 g/mol. The van der Waals surface area contributed by atoms with Crippen LogP contribution in [0.3, 0.4) is 0 Å². The maximum absolute atomic E-state index is 11.4. The summed E-state index contributed by atoms with van der Waals surface area (Å²) in [4.78, 5) is 7.06. The summed E-state index contributed by atoms with van der Waals surface area (Å²) in [5.41, 5.74) is 4.54. The molecule has 4 rings (SSSR count). The Morgan fingerprint density at radius 1 is 1.17 bits per heavy atom. The van der Waals surface area contributed by atoms with E-state index in [-0.39, 0.29) is 11.6 Å². The van der Waals surface area contributed by atoms with Gasteiger partial charge in [-0.25, -0.2) is 4.99 Å². The summed E-state index contributed by atoms with van der Waals surface area (Å²) < 4.78 is 12.3. The molecular formula is C25H32N2O3. The van der Waals surface area contributed by atoms with Crippen molar-refractivity contribution in [1.82, 2.24) is 4.90 Å². The molecule has 0 saturated heterocycles. The minimum atomic E-state index is -0.736. The Morgan fingerprint density at radius 3 is 2.63 bits per heavy atom. The molecule has 2 unspecified atom stereocenters. The number of fused-ring (bicyclic) bond motifs is 2. The zero-order valence-electron chi connectivity index (χ0n) is 18.6. The first-order valence-electron chi connectivity index (χ1n) is 10.7. The van der Waals surface area contributed by atoms with Crippen LogP contribution in [0.5, 0.6) is 5.75 Å². The largest absolute Gasteiger partial charge is 0.488 e. The third kappa shape index (κ3) is 3.84. The molecule has 1 N–H and O–H groups in total. The maximum Gasteiger partial charge on any atom is 0.217 e. The van der Waals surface area contributed by atoms with E-state index in [2.05, 4.69) is 39.8 Å². The smallest absolute Gasteiger partial charge is 0.217 e. The van der Waals surface area contributed by atoms with E-state index in [1.807, 2.05) is 36.4 Å². The van der Waals surface area contributed by atoms with Crippen LogP contribution in [0.2, 0.25) is 0 Å². The number of hydrogen-bond donors (Lipinski definition) is 1. The molecule has 2 aromatic rings. The Kier molecular flexibility index (Phi) is 5.60. The molecule has 30 heavy (non-hydrogen) atoms. The molecule has 0 saturated carbocycles. The second-order valence-corrected chi connectivity index (χ2v) is 9.13. The molecule has 2 aliphatic rings. The lowest BCUT2D eigenvalue weighted by Crippen LogP contribution is -2.28. The van der Waals surface area contributed by atoms with Crippen LogP contribution in [0.25, 0.3) is 0 Å². The summed E-state index contributed by atoms with van der Waals surface area (Å²) in [5.74, 6) is 1.41. The fourth-order valence-corrected chi connectivity index (χ4v) is 4.17. The van der Waals surface area contributed by atoms with E-state index in [1.165, 1.54) is 0 Å². The van der Waals surface area contributed by atoms with Crippen LogP contribution in [0.1, 0.15) is 61.1 Å². The Bertz CT molecular complexity index is 965. The molecule has 0 amide bonds. The quantitative estimate of drug-likeness (QED) is 0.809. The molecule has 0 radical (unpaired) electrons. The summed E-state index contributed by atoms with van der Waals surface area (Å²) in [5, 5.41) is 11.4. The van der Waals surface area contributed by atoms with Crippen LogP contribution in [0.4, 0.5) is 0 Å². The summed E-state index contributed by atoms with van der Waals surface area (Å²) in [6.07, 6.45) is 1.05. The van der Waals surface area contributed by atoms with Gasteiger partial charge in [-0.3, -0.25) is 0 Å². The van der Waals surface area contributed by atoms with Crippen molar-refractivity contribution in [3.05, 3.63) is 64.2 Å². The van der Waals surface area contributed by atoms with E-state index in [0.717, 1.165) is 53.0 Å². The normalized spacial score (nSPS) is 21.9. The molecule has 2 aromatic carbocycles. The molecule has 5 nitrogen and oxygen atoms in total. The molecule has 0 bridgehead atoms. The predicted molar refractivity (Wildman–Crippen MR) is 119 cm³/mol. The Morgan fingerprint density at radius 2 is 1.93 bits per heavy atom. The van der Waals surface area contributed by atoms with Crippen LogP contribution < -0.4 is 4.74 Å². The number of nitrogens with zero attached hydrogens (tertiary/aromatic N) is 2. The van der Waals surface area contributed by atoms with E-state index in [0.29, 0.717) is 12.5 Å². The molecule has 2 atom stereocenters. The fourth-order valence-electron chi connectivity index (χ4n) is 4.17. The van der Waals surface area contributed by atoms with Gasteiger partial charge in [0.2, 0.25) is 5.90 Å². The van der Waals surface area contributed by atoms with Crippen molar-refractivity contribution in [1.29, 1.82) is 0 Å². The maximum atomic E-state index is 11.4. The molecule has 160 valence electrons. The lowest BCUT2D eigenvalue weighted by molar-refractivity contribution is 0.175. The highest BCUT2D eigenvalue weighted by molar-refractivity contribution is 5.98. The van der Waals surface area contributed by atoms with Gasteiger partial charge in [-0.2, -0.15) is 0 Å². The number of hydrogen-bond acceptors (Lipinski definition) is 5. The van der Waals surface area contributed by atoms with Crippen LogP contribution in [0, 0.1) is 0 Å². The highest BCUT2D eigenvalue weighted by Crippen LogP contribution is 2.41. The minimum absolute atomic E-state index is 0.00262. The van der Waals surface area contributed by atoms with Crippen molar-refractivity contribution in [2.24, 2.45) is 4.99 Å². The standard InChI is InChI=1S/C25H32N2O3/c1-16-25(2,3)26-24(30-16)20-12-13-21-22(19(20)11-8-14-27(4)5)23(28)18-10-7-6-9-17(18)15-29-21/h6-7,9-10,12-13,16,23,28H,8,11,14-15H2,1-5H3. The molecule has 0 aromatic heterocycles. The Hall–Kier alpha value is -2.37. The summed E-state index contributed by atoms with van der Waals surface area (Å²) in [6.45, 7) is 7.66. The van der Waals surface area contributed by atoms with Crippen molar-refractivity contribution in [2.45, 2.75) is 58.0 Å². The van der Waals surface area contributed by atoms with Crippen molar-refractivity contribution < 1.29 is 14.6 Å². The van der Waals surface area contributed by atoms with Crippen LogP contribution in [0.15, 0.2) is 41.4 Å². The van der Waals surface area contributed by atoms with Crippen LogP contribution in [-0.2, 0) is 17.8 Å². The third-order valence-corrected chi connectivity index (χ3v) is 6.26. The van der Waals surface area contributed by atoms with Crippen molar-refractivity contribution in [3.8, 4) is 5.75 Å². The first-order chi connectivity index (χ1) is 14.3. The summed E-state index contributed by atoms with van der Waals surface area (Å²) in [6, 6.07) is 12.0. The fraction of sp³-hybridized carbons (Fsp3) is 0.480. The van der Waals surface area contributed by atoms with Gasteiger partial charge in [-0.15, -0.1) is 0 Å². The molecule has 2 heterocycles. The summed E-state index contributed by atoms with van der Waals surface area (Å²) >= 11 is 0. The molecule has 2 aliphatic heterocycles. The van der Waals surface area contributed by atoms with E-state index < -0.39 is 6.10 Å². The van der Waals surface area contributed by atoms with Gasteiger partial charge < -0.3 is 19.5 Å². The average Bonchev–Trinajstić information content (AvgIpc) is 2.88. The monoisotopic (exact) mass is 408 g/mol. The summed E-state index contributed by atoms with van der Waals surface area (Å²) in [7, 11) is 4.16. The zero-order chi connectivity index (χ0) is 21.5. The number of aliphatic hydroxyl groups is 1. The van der Waals surface area contributed by atoms with Gasteiger partial charge in [0.25, 0.3) is 0 Å². The zero-order valence-corrected chi connectivity index (χ0v) is 18.6. The lowest BCUT2D eigenvalue weighted by atomic mass is 9.89. The number of rotatable bonds is 5. The SMILES string of the molecule is CC1OC(c2ccc3c(c2CCCN(C)C)C(O)c2ccccc2CO3)=NC1(C)C. The highest BCUT2D eigenvalue weighted by Gasteiger charge is 2.37. The van der Waals surface area contributed by atoms with Crippen LogP contribution >= 0.6 is 0 Å². The first kappa shape index (κ1) is 20.9. The Labute approximate surface area is 179 Å². The van der Waals surface area contributed by atoms with Gasteiger partial charge in [-0.05, 0) is 83.1 Å². The second-order valence-electron chi connectivity index (χ2n) is 9.13. The topological polar surface area (TPSA) is 54.3 Å². The predicted octanol–water partition coefficient (Wildman–Crippen LogP) is 4.10. The number of aliphatic imine (C=N–C) groups is 1. The Balaban J connectivity index is 1.83. The van der Waals surface area contributed by atoms with Gasteiger partial charge in [-0.1, -0.05) is 24.3 Å². The van der Waals surface area contributed by atoms with Gasteiger partial charge in [0.1, 0.15) is 24.6 Å². The van der Waals surface area contributed by atoms with Crippen LogP contribution in [-0.4, -0.2) is 48.2 Å². The van der Waals surface area contributed by atoms with E-state index in [1.54, 1.807) is 0 Å². The van der Waals surface area contributed by atoms with Gasteiger partial charge in [0.05, 0.1) is 5.54 Å². The number of benzene rings is 2. The van der Waals surface area contributed by atoms with E-state index in [9.17, 15) is 5.11 Å². The molecule has 0 fully saturated rings. The lowest BCUT2D eigenvalue weighted by Gasteiger charge is -2.21. The van der Waals surface area contributed by atoms with Crippen molar-refractivity contribution >= 4 is 5.90 Å². The number of aliphatic hydroxyl groups excluding tert-OH is 1. The van der Waals surface area contributed by atoms with Crippen molar-refractivity contribution in [2.75, 3.05) is 20.6 Å². The van der Waals surface area contributed by atoms with E-state index in [4.69, 9.17) is 14.5 Å². The average molecular weight is 409 g/mol. The van der Waals surface area contributed by atoms with E-state index >= 15 is 0 Å². The molecule has 0 spiro atoms. The van der Waals surface area contributed by atoms with Gasteiger partial charge in [0.15, 0.2) is 0 Å². The molecule has 5 heteroatoms. The third-order valence-electron chi connectivity index (χ3n) is 6.26. The highest BCUT2D eigenvalue weighted by atomic mass is 16.5. The number of ether oxygens (including phenoxy) is 2. The second kappa shape index (κ2) is 8.05. The van der Waals surface area contributed by atoms with Gasteiger partial charge in [0, 0.05) is 11.1 Å².